The van der Waals surface area contributed by atoms with Crippen LogP contribution in [0, 0.1) is 0 Å². The van der Waals surface area contributed by atoms with Crippen LogP contribution in [-0.4, -0.2) is 44.3 Å². The highest BCUT2D eigenvalue weighted by molar-refractivity contribution is 7.92. The van der Waals surface area contributed by atoms with E-state index in [1.54, 1.807) is 16.8 Å². The number of nitrogens with zero attached hydrogens (tertiary/aromatic N) is 3. The summed E-state index contributed by atoms with van der Waals surface area (Å²) in [5.74, 6) is 1.28. The Hall–Kier alpha value is -0.950. The fourth-order valence-corrected chi connectivity index (χ4v) is 4.34. The zero-order chi connectivity index (χ0) is 15.1. The van der Waals surface area contributed by atoms with Crippen LogP contribution in [0.25, 0.3) is 5.52 Å². The van der Waals surface area contributed by atoms with Gasteiger partial charge in [0, 0.05) is 0 Å². The van der Waals surface area contributed by atoms with Crippen molar-refractivity contribution in [3.8, 4) is 0 Å². The molecular weight excluding hydrogens is 333 g/mol. The Balaban J connectivity index is 2.17. The number of hydrogen-bond acceptors (Lipinski definition) is 4. The Morgan fingerprint density at radius 1 is 1.52 bits per heavy atom. The molecule has 8 heteroatoms. The SMILES string of the molecule is CC1CN(c2c(C=O)cc(Cl)c3c(Cl)ncn23)CC[S+]1[O-]. The Labute approximate surface area is 135 Å². The molecule has 0 saturated carbocycles. The summed E-state index contributed by atoms with van der Waals surface area (Å²) in [6.45, 7) is 3.17. The summed E-state index contributed by atoms with van der Waals surface area (Å²) in [7, 11) is 0. The average molecular weight is 346 g/mol. The Bertz CT molecular complexity index is 706. The van der Waals surface area contributed by atoms with E-state index in [-0.39, 0.29) is 5.25 Å². The molecule has 21 heavy (non-hydrogen) atoms. The summed E-state index contributed by atoms with van der Waals surface area (Å²) in [4.78, 5) is 17.5. The third-order valence-electron chi connectivity index (χ3n) is 3.63. The van der Waals surface area contributed by atoms with Crippen molar-refractivity contribution >= 4 is 52.0 Å². The normalized spacial score (nSPS) is 22.8. The number of rotatable bonds is 2. The first kappa shape index (κ1) is 15.0. The van der Waals surface area contributed by atoms with E-state index in [9.17, 15) is 9.35 Å². The van der Waals surface area contributed by atoms with Crippen LogP contribution >= 0.6 is 23.2 Å². The van der Waals surface area contributed by atoms with Gasteiger partial charge in [0.05, 0.1) is 23.7 Å². The molecule has 112 valence electrons. The molecule has 2 atom stereocenters. The number of anilines is 1. The van der Waals surface area contributed by atoms with Crippen molar-refractivity contribution in [2.45, 2.75) is 12.2 Å². The van der Waals surface area contributed by atoms with Crippen LogP contribution in [0.3, 0.4) is 0 Å². The van der Waals surface area contributed by atoms with Gasteiger partial charge in [-0.3, -0.25) is 9.20 Å². The fraction of sp³-hybridized carbons (Fsp3) is 0.385. The van der Waals surface area contributed by atoms with Crippen molar-refractivity contribution in [2.24, 2.45) is 0 Å². The molecule has 2 aromatic rings. The van der Waals surface area contributed by atoms with Crippen LogP contribution in [0.2, 0.25) is 10.2 Å². The van der Waals surface area contributed by atoms with Gasteiger partial charge in [-0.25, -0.2) is 4.98 Å². The van der Waals surface area contributed by atoms with E-state index in [0.29, 0.717) is 45.9 Å². The minimum absolute atomic E-state index is 0.0444. The predicted octanol–water partition coefficient (Wildman–Crippen LogP) is 2.41. The highest BCUT2D eigenvalue weighted by atomic mass is 35.5. The number of fused-ring (bicyclic) bond motifs is 1. The van der Waals surface area contributed by atoms with Crippen LogP contribution in [0.15, 0.2) is 12.4 Å². The predicted molar refractivity (Wildman–Crippen MR) is 85.3 cm³/mol. The number of carbonyl (C=O) groups excluding carboxylic acids is 1. The van der Waals surface area contributed by atoms with Gasteiger partial charge in [0.2, 0.25) is 0 Å². The van der Waals surface area contributed by atoms with Gasteiger partial charge in [-0.1, -0.05) is 23.2 Å². The van der Waals surface area contributed by atoms with Gasteiger partial charge in [0.25, 0.3) is 0 Å². The standard InChI is InChI=1S/C13H13Cl2N3O2S/c1-8-5-17(2-3-21(8)20)13-9(6-19)4-10(14)11-12(15)16-7-18(11)13/h4,6-8H,2-3,5H2,1H3. The van der Waals surface area contributed by atoms with Crippen molar-refractivity contribution in [3.05, 3.63) is 28.1 Å². The van der Waals surface area contributed by atoms with E-state index in [0.717, 1.165) is 6.29 Å². The molecule has 1 aliphatic heterocycles. The number of pyridine rings is 1. The third-order valence-corrected chi connectivity index (χ3v) is 5.83. The van der Waals surface area contributed by atoms with E-state index in [2.05, 4.69) is 4.98 Å². The quantitative estimate of drug-likeness (QED) is 0.619. The average Bonchev–Trinajstić information content (AvgIpc) is 2.84. The van der Waals surface area contributed by atoms with Crippen LogP contribution in [0.5, 0.6) is 0 Å². The molecule has 2 unspecified atom stereocenters. The lowest BCUT2D eigenvalue weighted by Crippen LogP contribution is -2.46. The van der Waals surface area contributed by atoms with Gasteiger partial charge in [0.15, 0.2) is 11.4 Å². The molecule has 0 radical (unpaired) electrons. The minimum atomic E-state index is -0.828. The minimum Gasteiger partial charge on any atom is -0.616 e. The highest BCUT2D eigenvalue weighted by Crippen LogP contribution is 2.33. The van der Waals surface area contributed by atoms with Gasteiger partial charge < -0.3 is 9.45 Å². The molecule has 1 saturated heterocycles. The largest absolute Gasteiger partial charge is 0.616 e. The van der Waals surface area contributed by atoms with Crippen molar-refractivity contribution < 1.29 is 9.35 Å². The number of imidazole rings is 1. The zero-order valence-corrected chi connectivity index (χ0v) is 13.6. The molecule has 0 N–H and O–H groups in total. The lowest BCUT2D eigenvalue weighted by Gasteiger charge is -2.35. The maximum Gasteiger partial charge on any atom is 0.156 e. The van der Waals surface area contributed by atoms with Gasteiger partial charge in [-0.05, 0) is 24.2 Å². The smallest absolute Gasteiger partial charge is 0.156 e. The molecule has 2 aromatic heterocycles. The third kappa shape index (κ3) is 2.50. The molecule has 0 bridgehead atoms. The molecule has 0 aliphatic carbocycles. The molecule has 3 heterocycles. The molecule has 0 spiro atoms. The second-order valence-electron chi connectivity index (χ2n) is 4.98. The Morgan fingerprint density at radius 2 is 2.29 bits per heavy atom. The number of hydrogen-bond donors (Lipinski definition) is 0. The van der Waals surface area contributed by atoms with Crippen molar-refractivity contribution in [3.63, 3.8) is 0 Å². The number of carbonyl (C=O) groups is 1. The van der Waals surface area contributed by atoms with Gasteiger partial charge >= 0.3 is 0 Å². The maximum absolute atomic E-state index is 11.8. The summed E-state index contributed by atoms with van der Waals surface area (Å²) in [6, 6.07) is 1.60. The van der Waals surface area contributed by atoms with E-state index in [1.165, 1.54) is 0 Å². The molecule has 0 amide bonds. The summed E-state index contributed by atoms with van der Waals surface area (Å²) >= 11 is 11.4. The van der Waals surface area contributed by atoms with E-state index >= 15 is 0 Å². The van der Waals surface area contributed by atoms with E-state index < -0.39 is 11.2 Å². The summed E-state index contributed by atoms with van der Waals surface area (Å²) < 4.78 is 13.5. The second kappa shape index (κ2) is 5.68. The topological polar surface area (TPSA) is 60.7 Å². The second-order valence-corrected chi connectivity index (χ2v) is 7.72. The van der Waals surface area contributed by atoms with Crippen molar-refractivity contribution in [1.29, 1.82) is 0 Å². The first-order valence-corrected chi connectivity index (χ1v) is 8.59. The number of aldehydes is 1. The highest BCUT2D eigenvalue weighted by Gasteiger charge is 2.30. The van der Waals surface area contributed by atoms with E-state index in [1.807, 2.05) is 11.8 Å². The lowest BCUT2D eigenvalue weighted by molar-refractivity contribution is 0.112. The molecular formula is C13H13Cl2N3O2S. The van der Waals surface area contributed by atoms with Crippen LogP contribution in [0.4, 0.5) is 5.82 Å². The molecule has 0 aromatic carbocycles. The first-order chi connectivity index (χ1) is 10.0. The summed E-state index contributed by atoms with van der Waals surface area (Å²) in [6.07, 6.45) is 2.33. The molecule has 5 nitrogen and oxygen atoms in total. The van der Waals surface area contributed by atoms with E-state index in [4.69, 9.17) is 23.2 Å². The van der Waals surface area contributed by atoms with Crippen molar-refractivity contribution in [2.75, 3.05) is 23.7 Å². The zero-order valence-electron chi connectivity index (χ0n) is 11.3. The van der Waals surface area contributed by atoms with Crippen LogP contribution in [-0.2, 0) is 11.2 Å². The van der Waals surface area contributed by atoms with Gasteiger partial charge in [-0.15, -0.1) is 0 Å². The number of halogens is 2. The fourth-order valence-electron chi connectivity index (χ4n) is 2.61. The first-order valence-electron chi connectivity index (χ1n) is 6.45. The maximum atomic E-state index is 11.8. The molecule has 1 aliphatic rings. The number of aromatic nitrogens is 2. The Morgan fingerprint density at radius 3 is 2.95 bits per heavy atom. The summed E-state index contributed by atoms with van der Waals surface area (Å²) in [5.41, 5.74) is 1.06. The van der Waals surface area contributed by atoms with Crippen LogP contribution < -0.4 is 4.90 Å². The molecule has 3 rings (SSSR count). The van der Waals surface area contributed by atoms with Gasteiger partial charge in [0.1, 0.15) is 28.7 Å². The molecule has 1 fully saturated rings. The van der Waals surface area contributed by atoms with Gasteiger partial charge in [-0.2, -0.15) is 0 Å². The lowest BCUT2D eigenvalue weighted by atomic mass is 10.2. The Kier molecular flexibility index (Phi) is 4.05. The van der Waals surface area contributed by atoms with Crippen molar-refractivity contribution in [1.82, 2.24) is 9.38 Å². The van der Waals surface area contributed by atoms with Crippen LogP contribution in [0.1, 0.15) is 17.3 Å². The summed E-state index contributed by atoms with van der Waals surface area (Å²) in [5, 5.41) is 0.729. The monoisotopic (exact) mass is 345 g/mol.